The third-order valence-electron chi connectivity index (χ3n) is 4.23. The van der Waals surface area contributed by atoms with Crippen LogP contribution in [0.1, 0.15) is 43.9 Å². The molecule has 3 atom stereocenters. The van der Waals surface area contributed by atoms with Crippen molar-refractivity contribution in [1.82, 2.24) is 10.2 Å². The Bertz CT molecular complexity index is 446. The van der Waals surface area contributed by atoms with Crippen LogP contribution in [0.25, 0.3) is 0 Å². The fourth-order valence-electron chi connectivity index (χ4n) is 2.74. The van der Waals surface area contributed by atoms with Crippen LogP contribution in [0, 0.1) is 11.3 Å². The van der Waals surface area contributed by atoms with E-state index in [1.54, 1.807) is 0 Å². The van der Waals surface area contributed by atoms with Crippen molar-refractivity contribution in [2.24, 2.45) is 0 Å². The third kappa shape index (κ3) is 3.56. The van der Waals surface area contributed by atoms with Gasteiger partial charge in [0.2, 0.25) is 0 Å². The Kier molecular flexibility index (Phi) is 4.57. The predicted octanol–water partition coefficient (Wildman–Crippen LogP) is 2.69. The van der Waals surface area contributed by atoms with Gasteiger partial charge in [-0.3, -0.25) is 0 Å². The maximum atomic E-state index is 8.81. The van der Waals surface area contributed by atoms with E-state index in [1.165, 1.54) is 24.9 Å². The lowest BCUT2D eigenvalue weighted by Gasteiger charge is -2.36. The van der Waals surface area contributed by atoms with Gasteiger partial charge >= 0.3 is 0 Å². The van der Waals surface area contributed by atoms with Gasteiger partial charge in [0, 0.05) is 18.1 Å². The van der Waals surface area contributed by atoms with E-state index in [0.29, 0.717) is 18.1 Å². The number of benzene rings is 1. The molecule has 3 nitrogen and oxygen atoms in total. The lowest BCUT2D eigenvalue weighted by molar-refractivity contribution is 0.163. The quantitative estimate of drug-likeness (QED) is 0.905. The van der Waals surface area contributed by atoms with Gasteiger partial charge in [-0.05, 0) is 58.0 Å². The number of nitriles is 1. The molecule has 1 saturated heterocycles. The molecule has 0 saturated carbocycles. The number of nitrogens with zero attached hydrogens (tertiary/aromatic N) is 2. The van der Waals surface area contributed by atoms with Crippen molar-refractivity contribution in [3.8, 4) is 6.07 Å². The minimum Gasteiger partial charge on any atom is -0.307 e. The summed E-state index contributed by atoms with van der Waals surface area (Å²) in [6.07, 6.45) is 2.42. The summed E-state index contributed by atoms with van der Waals surface area (Å²) in [5.41, 5.74) is 1.98. The van der Waals surface area contributed by atoms with Gasteiger partial charge in [0.15, 0.2) is 0 Å². The average Bonchev–Trinajstić information content (AvgIpc) is 2.43. The molecule has 1 aromatic rings. The first-order chi connectivity index (χ1) is 9.10. The smallest absolute Gasteiger partial charge is 0.0991 e. The van der Waals surface area contributed by atoms with Crippen LogP contribution in [0.15, 0.2) is 24.3 Å². The Morgan fingerprint density at radius 1 is 1.37 bits per heavy atom. The van der Waals surface area contributed by atoms with Crippen molar-refractivity contribution in [1.29, 1.82) is 5.26 Å². The van der Waals surface area contributed by atoms with Gasteiger partial charge in [0.05, 0.1) is 11.6 Å². The summed E-state index contributed by atoms with van der Waals surface area (Å²) >= 11 is 0. The minimum absolute atomic E-state index is 0.341. The molecule has 3 unspecified atom stereocenters. The zero-order valence-electron chi connectivity index (χ0n) is 12.1. The normalized spacial score (nSPS) is 25.8. The van der Waals surface area contributed by atoms with E-state index >= 15 is 0 Å². The second kappa shape index (κ2) is 6.18. The molecule has 0 aliphatic carbocycles. The van der Waals surface area contributed by atoms with Crippen LogP contribution in [-0.4, -0.2) is 30.6 Å². The first-order valence-corrected chi connectivity index (χ1v) is 7.06. The molecule has 1 aromatic carbocycles. The number of piperidine rings is 1. The van der Waals surface area contributed by atoms with Crippen molar-refractivity contribution < 1.29 is 0 Å². The van der Waals surface area contributed by atoms with Gasteiger partial charge in [-0.2, -0.15) is 5.26 Å². The largest absolute Gasteiger partial charge is 0.307 e. The lowest BCUT2D eigenvalue weighted by Crippen LogP contribution is -2.46. The number of rotatable bonds is 3. The predicted molar refractivity (Wildman–Crippen MR) is 77.8 cm³/mol. The van der Waals surface area contributed by atoms with E-state index < -0.39 is 0 Å². The summed E-state index contributed by atoms with van der Waals surface area (Å²) in [7, 11) is 2.20. The zero-order chi connectivity index (χ0) is 13.8. The highest BCUT2D eigenvalue weighted by Crippen LogP contribution is 2.20. The van der Waals surface area contributed by atoms with Gasteiger partial charge < -0.3 is 10.2 Å². The summed E-state index contributed by atoms with van der Waals surface area (Å²) in [6, 6.07) is 11.6. The van der Waals surface area contributed by atoms with E-state index in [0.717, 1.165) is 5.56 Å². The topological polar surface area (TPSA) is 39.1 Å². The summed E-state index contributed by atoms with van der Waals surface area (Å²) in [4.78, 5) is 2.42. The van der Waals surface area contributed by atoms with Crippen molar-refractivity contribution in [2.75, 3.05) is 13.6 Å². The van der Waals surface area contributed by atoms with E-state index in [-0.39, 0.29) is 0 Å². The highest BCUT2D eigenvalue weighted by molar-refractivity contribution is 5.32. The lowest BCUT2D eigenvalue weighted by atomic mass is 9.97. The molecule has 1 heterocycles. The first kappa shape index (κ1) is 14.0. The SMILES string of the molecule is CC(NC1CCN(C)C(C)C1)c1ccc(C#N)cc1. The molecule has 3 heteroatoms. The van der Waals surface area contributed by atoms with Crippen LogP contribution in [0.5, 0.6) is 0 Å². The molecule has 0 amide bonds. The fraction of sp³-hybridized carbons (Fsp3) is 0.562. The molecule has 2 rings (SSSR count). The van der Waals surface area contributed by atoms with E-state index in [2.05, 4.69) is 49.3 Å². The van der Waals surface area contributed by atoms with Crippen LogP contribution in [-0.2, 0) is 0 Å². The Hall–Kier alpha value is -1.37. The van der Waals surface area contributed by atoms with Crippen LogP contribution >= 0.6 is 0 Å². The maximum absolute atomic E-state index is 8.81. The van der Waals surface area contributed by atoms with Crippen LogP contribution in [0.2, 0.25) is 0 Å². The second-order valence-corrected chi connectivity index (χ2v) is 5.67. The highest BCUT2D eigenvalue weighted by Gasteiger charge is 2.23. The van der Waals surface area contributed by atoms with Gasteiger partial charge in [-0.25, -0.2) is 0 Å². The van der Waals surface area contributed by atoms with E-state index in [1.807, 2.05) is 12.1 Å². The highest BCUT2D eigenvalue weighted by atomic mass is 15.1. The molecule has 0 spiro atoms. The van der Waals surface area contributed by atoms with Gasteiger partial charge in [-0.15, -0.1) is 0 Å². The zero-order valence-corrected chi connectivity index (χ0v) is 12.1. The van der Waals surface area contributed by atoms with E-state index in [4.69, 9.17) is 5.26 Å². The monoisotopic (exact) mass is 257 g/mol. The summed E-state index contributed by atoms with van der Waals surface area (Å²) in [6.45, 7) is 5.66. The van der Waals surface area contributed by atoms with Crippen molar-refractivity contribution in [3.05, 3.63) is 35.4 Å². The number of hydrogen-bond donors (Lipinski definition) is 1. The number of likely N-dealkylation sites (tertiary alicyclic amines) is 1. The van der Waals surface area contributed by atoms with Crippen LogP contribution < -0.4 is 5.32 Å². The molecular weight excluding hydrogens is 234 g/mol. The van der Waals surface area contributed by atoms with Gasteiger partial charge in [0.25, 0.3) is 0 Å². The molecule has 0 aromatic heterocycles. The summed E-state index contributed by atoms with van der Waals surface area (Å²) in [5, 5.41) is 12.5. The third-order valence-corrected chi connectivity index (χ3v) is 4.23. The maximum Gasteiger partial charge on any atom is 0.0991 e. The Labute approximate surface area is 116 Å². The standard InChI is InChI=1S/C16H23N3/c1-12-10-16(8-9-19(12)3)18-13(2)15-6-4-14(11-17)5-7-15/h4-7,12-13,16,18H,8-10H2,1-3H3. The molecular formula is C16H23N3. The van der Waals surface area contributed by atoms with Crippen molar-refractivity contribution >= 4 is 0 Å². The minimum atomic E-state index is 0.341. The van der Waals surface area contributed by atoms with Crippen LogP contribution in [0.3, 0.4) is 0 Å². The van der Waals surface area contributed by atoms with Crippen molar-refractivity contribution in [3.63, 3.8) is 0 Å². The molecule has 0 radical (unpaired) electrons. The van der Waals surface area contributed by atoms with Crippen LogP contribution in [0.4, 0.5) is 0 Å². The molecule has 1 fully saturated rings. The summed E-state index contributed by atoms with van der Waals surface area (Å²) < 4.78 is 0. The molecule has 19 heavy (non-hydrogen) atoms. The van der Waals surface area contributed by atoms with Gasteiger partial charge in [-0.1, -0.05) is 12.1 Å². The Balaban J connectivity index is 1.93. The molecule has 0 bridgehead atoms. The number of hydrogen-bond acceptors (Lipinski definition) is 3. The summed E-state index contributed by atoms with van der Waals surface area (Å²) in [5.74, 6) is 0. The van der Waals surface area contributed by atoms with Crippen molar-refractivity contribution in [2.45, 2.75) is 44.8 Å². The van der Waals surface area contributed by atoms with E-state index in [9.17, 15) is 0 Å². The fourth-order valence-corrected chi connectivity index (χ4v) is 2.74. The number of nitrogens with one attached hydrogen (secondary N) is 1. The second-order valence-electron chi connectivity index (χ2n) is 5.67. The molecule has 1 N–H and O–H groups in total. The molecule has 102 valence electrons. The Morgan fingerprint density at radius 3 is 2.63 bits per heavy atom. The Morgan fingerprint density at radius 2 is 2.05 bits per heavy atom. The molecule has 1 aliphatic heterocycles. The first-order valence-electron chi connectivity index (χ1n) is 7.06. The van der Waals surface area contributed by atoms with Gasteiger partial charge in [0.1, 0.15) is 0 Å². The average molecular weight is 257 g/mol. The molecule has 1 aliphatic rings.